The molecule has 2 heteroatoms. The molecule has 2 saturated carbocycles. The molecule has 2 aliphatic carbocycles. The van der Waals surface area contributed by atoms with Crippen molar-refractivity contribution in [3.05, 3.63) is 0 Å². The van der Waals surface area contributed by atoms with E-state index in [-0.39, 0.29) is 5.92 Å². The summed E-state index contributed by atoms with van der Waals surface area (Å²) >= 11 is 0. The molecule has 2 rings (SSSR count). The Bertz CT molecular complexity index is 192. The van der Waals surface area contributed by atoms with Crippen molar-refractivity contribution in [1.82, 2.24) is 5.32 Å². The summed E-state index contributed by atoms with van der Waals surface area (Å²) in [6.07, 6.45) is 7.51. The van der Waals surface area contributed by atoms with Crippen LogP contribution in [0.5, 0.6) is 0 Å². The van der Waals surface area contributed by atoms with Gasteiger partial charge in [0.25, 0.3) is 0 Å². The Balaban J connectivity index is 1.76. The number of carbonyl (C=O) groups excluding carboxylic acids is 1. The summed E-state index contributed by atoms with van der Waals surface area (Å²) in [4.78, 5) is 11.7. The normalized spacial score (nSPS) is 25.9. The first-order valence-corrected chi connectivity index (χ1v) is 5.58. The monoisotopic (exact) mass is 181 g/mol. The molecule has 2 nitrogen and oxygen atoms in total. The average Bonchev–Trinajstić information content (AvgIpc) is 2.85. The number of amides is 1. The minimum Gasteiger partial charge on any atom is -0.353 e. The summed E-state index contributed by atoms with van der Waals surface area (Å²) in [6, 6.07) is 0.494. The zero-order valence-electron chi connectivity index (χ0n) is 8.38. The lowest BCUT2D eigenvalue weighted by Crippen LogP contribution is -2.37. The van der Waals surface area contributed by atoms with E-state index in [1.165, 1.54) is 38.5 Å². The van der Waals surface area contributed by atoms with Gasteiger partial charge in [0.2, 0.25) is 5.91 Å². The Labute approximate surface area is 80.1 Å². The zero-order chi connectivity index (χ0) is 9.26. The SMILES string of the molecule is CC(C(=O)NC1CCCC1)C1CC1. The van der Waals surface area contributed by atoms with Crippen LogP contribution in [0.15, 0.2) is 0 Å². The molecular weight excluding hydrogens is 162 g/mol. The molecule has 2 aliphatic rings. The second-order valence-corrected chi connectivity index (χ2v) is 4.62. The van der Waals surface area contributed by atoms with Crippen LogP contribution in [0.4, 0.5) is 0 Å². The van der Waals surface area contributed by atoms with Crippen LogP contribution in [0, 0.1) is 11.8 Å². The molecule has 0 aliphatic heterocycles. The molecule has 0 heterocycles. The van der Waals surface area contributed by atoms with E-state index in [1.54, 1.807) is 0 Å². The maximum absolute atomic E-state index is 11.7. The molecular formula is C11H19NO. The Morgan fingerprint density at radius 2 is 1.85 bits per heavy atom. The summed E-state index contributed by atoms with van der Waals surface area (Å²) in [5, 5.41) is 3.16. The highest BCUT2D eigenvalue weighted by Crippen LogP contribution is 2.36. The lowest BCUT2D eigenvalue weighted by atomic mass is 10.1. The van der Waals surface area contributed by atoms with E-state index in [9.17, 15) is 4.79 Å². The van der Waals surface area contributed by atoms with Crippen LogP contribution < -0.4 is 5.32 Å². The van der Waals surface area contributed by atoms with Gasteiger partial charge in [0, 0.05) is 12.0 Å². The van der Waals surface area contributed by atoms with Crippen molar-refractivity contribution < 1.29 is 4.79 Å². The molecule has 0 aromatic rings. The van der Waals surface area contributed by atoms with Gasteiger partial charge >= 0.3 is 0 Å². The molecule has 74 valence electrons. The molecule has 13 heavy (non-hydrogen) atoms. The van der Waals surface area contributed by atoms with Crippen molar-refractivity contribution in [3.8, 4) is 0 Å². The van der Waals surface area contributed by atoms with Crippen LogP contribution >= 0.6 is 0 Å². The summed E-state index contributed by atoms with van der Waals surface area (Å²) in [7, 11) is 0. The summed E-state index contributed by atoms with van der Waals surface area (Å²) in [5.74, 6) is 1.26. The molecule has 0 saturated heterocycles. The largest absolute Gasteiger partial charge is 0.353 e. The van der Waals surface area contributed by atoms with E-state index < -0.39 is 0 Å². The molecule has 0 aromatic heterocycles. The van der Waals surface area contributed by atoms with Gasteiger partial charge in [-0.15, -0.1) is 0 Å². The Morgan fingerprint density at radius 1 is 1.23 bits per heavy atom. The number of nitrogens with one attached hydrogen (secondary N) is 1. The molecule has 1 unspecified atom stereocenters. The van der Waals surface area contributed by atoms with E-state index in [0.717, 1.165) is 0 Å². The summed E-state index contributed by atoms with van der Waals surface area (Å²) < 4.78 is 0. The zero-order valence-corrected chi connectivity index (χ0v) is 8.38. The first-order valence-electron chi connectivity index (χ1n) is 5.58. The second kappa shape index (κ2) is 3.69. The number of hydrogen-bond acceptors (Lipinski definition) is 1. The fraction of sp³-hybridized carbons (Fsp3) is 0.909. The van der Waals surface area contributed by atoms with Crippen molar-refractivity contribution in [3.63, 3.8) is 0 Å². The fourth-order valence-electron chi connectivity index (χ4n) is 2.21. The molecule has 0 aromatic carbocycles. The van der Waals surface area contributed by atoms with Crippen LogP contribution in [0.3, 0.4) is 0 Å². The molecule has 0 spiro atoms. The predicted molar refractivity (Wildman–Crippen MR) is 52.3 cm³/mol. The minimum absolute atomic E-state index is 0.264. The third kappa shape index (κ3) is 2.23. The van der Waals surface area contributed by atoms with Gasteiger partial charge < -0.3 is 5.32 Å². The average molecular weight is 181 g/mol. The quantitative estimate of drug-likeness (QED) is 0.709. The first-order chi connectivity index (χ1) is 6.27. The minimum atomic E-state index is 0.264. The van der Waals surface area contributed by atoms with Crippen LogP contribution in [0.1, 0.15) is 45.4 Å². The fourth-order valence-corrected chi connectivity index (χ4v) is 2.21. The van der Waals surface area contributed by atoms with E-state index in [4.69, 9.17) is 0 Å². The van der Waals surface area contributed by atoms with E-state index in [1.807, 2.05) is 0 Å². The number of carbonyl (C=O) groups is 1. The third-order valence-electron chi connectivity index (χ3n) is 3.44. The van der Waals surface area contributed by atoms with Gasteiger partial charge in [-0.25, -0.2) is 0 Å². The predicted octanol–water partition coefficient (Wildman–Crippen LogP) is 2.09. The van der Waals surface area contributed by atoms with Crippen LogP contribution in [0.25, 0.3) is 0 Å². The topological polar surface area (TPSA) is 29.1 Å². The van der Waals surface area contributed by atoms with Gasteiger partial charge in [0.05, 0.1) is 0 Å². The Morgan fingerprint density at radius 3 is 2.38 bits per heavy atom. The van der Waals surface area contributed by atoms with Crippen molar-refractivity contribution in [2.45, 2.75) is 51.5 Å². The lowest BCUT2D eigenvalue weighted by Gasteiger charge is -2.15. The highest BCUT2D eigenvalue weighted by Gasteiger charge is 2.33. The molecule has 0 radical (unpaired) electrons. The maximum Gasteiger partial charge on any atom is 0.223 e. The van der Waals surface area contributed by atoms with Crippen molar-refractivity contribution in [2.24, 2.45) is 11.8 Å². The number of rotatable bonds is 3. The highest BCUT2D eigenvalue weighted by molar-refractivity contribution is 5.79. The maximum atomic E-state index is 11.7. The van der Waals surface area contributed by atoms with E-state index in [2.05, 4.69) is 12.2 Å². The molecule has 1 amide bonds. The van der Waals surface area contributed by atoms with Crippen molar-refractivity contribution >= 4 is 5.91 Å². The first kappa shape index (κ1) is 9.04. The second-order valence-electron chi connectivity index (χ2n) is 4.62. The van der Waals surface area contributed by atoms with Gasteiger partial charge in [-0.05, 0) is 31.6 Å². The van der Waals surface area contributed by atoms with Gasteiger partial charge in [-0.3, -0.25) is 4.79 Å². The van der Waals surface area contributed by atoms with Gasteiger partial charge in [-0.1, -0.05) is 19.8 Å². The van der Waals surface area contributed by atoms with Gasteiger partial charge in [0.15, 0.2) is 0 Å². The van der Waals surface area contributed by atoms with E-state index in [0.29, 0.717) is 17.9 Å². The van der Waals surface area contributed by atoms with Gasteiger partial charge in [0.1, 0.15) is 0 Å². The highest BCUT2D eigenvalue weighted by atomic mass is 16.1. The van der Waals surface area contributed by atoms with Crippen LogP contribution in [-0.4, -0.2) is 11.9 Å². The Hall–Kier alpha value is -0.530. The van der Waals surface area contributed by atoms with E-state index >= 15 is 0 Å². The van der Waals surface area contributed by atoms with Crippen molar-refractivity contribution in [1.29, 1.82) is 0 Å². The van der Waals surface area contributed by atoms with Crippen LogP contribution in [-0.2, 0) is 4.79 Å². The van der Waals surface area contributed by atoms with Gasteiger partial charge in [-0.2, -0.15) is 0 Å². The standard InChI is InChI=1S/C11H19NO/c1-8(9-6-7-9)11(13)12-10-4-2-3-5-10/h8-10H,2-7H2,1H3,(H,12,13). The molecule has 0 bridgehead atoms. The van der Waals surface area contributed by atoms with Crippen molar-refractivity contribution in [2.75, 3.05) is 0 Å². The lowest BCUT2D eigenvalue weighted by molar-refractivity contribution is -0.125. The Kier molecular flexibility index (Phi) is 2.56. The van der Waals surface area contributed by atoms with Crippen LogP contribution in [0.2, 0.25) is 0 Å². The smallest absolute Gasteiger partial charge is 0.223 e. The molecule has 1 N–H and O–H groups in total. The third-order valence-corrected chi connectivity index (χ3v) is 3.44. The number of hydrogen-bond donors (Lipinski definition) is 1. The summed E-state index contributed by atoms with van der Waals surface area (Å²) in [6.45, 7) is 2.07. The summed E-state index contributed by atoms with van der Waals surface area (Å²) in [5.41, 5.74) is 0. The molecule has 1 atom stereocenters. The molecule has 2 fully saturated rings.